The molecule has 54 valence electrons. The van der Waals surface area contributed by atoms with Gasteiger partial charge in [0.15, 0.2) is 0 Å². The van der Waals surface area contributed by atoms with Crippen molar-refractivity contribution in [3.63, 3.8) is 0 Å². The SMILES string of the molecule is CN(C)CC[CH2][Mg][Cl].Cl. The van der Waals surface area contributed by atoms with Crippen LogP contribution in [0, 0.1) is 0 Å². The molecule has 0 heterocycles. The van der Waals surface area contributed by atoms with Crippen LogP contribution in [0.4, 0.5) is 0 Å². The Morgan fingerprint density at radius 1 is 1.44 bits per heavy atom. The maximum absolute atomic E-state index is 5.61. The summed E-state index contributed by atoms with van der Waals surface area (Å²) in [7, 11) is 9.79. The second-order valence-electron chi connectivity index (χ2n) is 2.20. The first-order chi connectivity index (χ1) is 3.77. The van der Waals surface area contributed by atoms with Gasteiger partial charge >= 0.3 is 19.3 Å². The fraction of sp³-hybridized carbons (Fsp3) is 1.00. The molecule has 0 atom stereocenters. The van der Waals surface area contributed by atoms with Crippen molar-refractivity contribution in [1.29, 1.82) is 0 Å². The summed E-state index contributed by atoms with van der Waals surface area (Å²) in [5, 5.41) is 0. The Bertz CT molecular complexity index is 52.2. The Morgan fingerprint density at radius 2 is 2.00 bits per heavy atom. The van der Waals surface area contributed by atoms with Crippen LogP contribution in [0.2, 0.25) is 4.55 Å². The molecule has 0 spiro atoms. The first kappa shape index (κ1) is 12.9. The monoisotopic (exact) mass is 181 g/mol. The third-order valence-corrected chi connectivity index (χ3v) is 2.56. The number of hydrogen-bond donors (Lipinski definition) is 0. The van der Waals surface area contributed by atoms with Crippen LogP contribution in [0.1, 0.15) is 6.42 Å². The molecule has 0 unspecified atom stereocenters. The van der Waals surface area contributed by atoms with E-state index in [9.17, 15) is 0 Å². The van der Waals surface area contributed by atoms with E-state index in [1.165, 1.54) is 17.5 Å². The molecule has 0 saturated carbocycles. The van der Waals surface area contributed by atoms with Gasteiger partial charge in [0.2, 0.25) is 0 Å². The van der Waals surface area contributed by atoms with Crippen molar-refractivity contribution in [3.8, 4) is 0 Å². The molecule has 0 aliphatic heterocycles. The van der Waals surface area contributed by atoms with E-state index in [-0.39, 0.29) is 31.7 Å². The topological polar surface area (TPSA) is 3.24 Å². The Hall–Kier alpha value is 1.31. The van der Waals surface area contributed by atoms with Gasteiger partial charge in [0.05, 0.1) is 0 Å². The van der Waals surface area contributed by atoms with E-state index in [2.05, 4.69) is 19.0 Å². The maximum Gasteiger partial charge on any atom is 0.501 e. The Kier molecular flexibility index (Phi) is 13.4. The minimum Gasteiger partial charge on any atom is -0.346 e. The average molecular weight is 182 g/mol. The molecular formula is C5H13Cl2MgN. The first-order valence-corrected chi connectivity index (χ1v) is 6.12. The lowest BCUT2D eigenvalue weighted by molar-refractivity contribution is 0.408. The highest BCUT2D eigenvalue weighted by atomic mass is 35.5. The summed E-state index contributed by atoms with van der Waals surface area (Å²) >= 11 is -0.183. The van der Waals surface area contributed by atoms with Crippen LogP contribution in [0.15, 0.2) is 0 Å². The number of rotatable bonds is 4. The van der Waals surface area contributed by atoms with Crippen molar-refractivity contribution in [1.82, 2.24) is 4.90 Å². The molecule has 0 rings (SSSR count). The zero-order valence-electron chi connectivity index (χ0n) is 6.06. The average Bonchev–Trinajstić information content (AvgIpc) is 1.66. The van der Waals surface area contributed by atoms with E-state index >= 15 is 0 Å². The van der Waals surface area contributed by atoms with Crippen molar-refractivity contribution < 1.29 is 0 Å². The molecule has 0 aromatic carbocycles. The van der Waals surface area contributed by atoms with Gasteiger partial charge < -0.3 is 14.0 Å². The van der Waals surface area contributed by atoms with Crippen molar-refractivity contribution in [2.24, 2.45) is 0 Å². The summed E-state index contributed by atoms with van der Waals surface area (Å²) < 4.78 is 1.28. The van der Waals surface area contributed by atoms with E-state index in [4.69, 9.17) is 9.07 Å². The van der Waals surface area contributed by atoms with Gasteiger partial charge in [-0.2, -0.15) is 0 Å². The van der Waals surface area contributed by atoms with Crippen LogP contribution < -0.4 is 0 Å². The molecule has 0 saturated heterocycles. The molecule has 1 nitrogen and oxygen atoms in total. The fourth-order valence-corrected chi connectivity index (χ4v) is 1.50. The molecule has 0 aromatic rings. The molecule has 0 N–H and O–H groups in total. The molecule has 0 bridgehead atoms. The Labute approximate surface area is 77.0 Å². The van der Waals surface area contributed by atoms with E-state index in [0.29, 0.717) is 0 Å². The Morgan fingerprint density at radius 3 is 2.33 bits per heavy atom. The Balaban J connectivity index is 0. The number of hydrogen-bond acceptors (Lipinski definition) is 1. The van der Waals surface area contributed by atoms with Gasteiger partial charge in [-0.05, 0) is 20.6 Å². The lowest BCUT2D eigenvalue weighted by Gasteiger charge is -2.06. The molecule has 0 aliphatic carbocycles. The van der Waals surface area contributed by atoms with Crippen LogP contribution in [-0.2, 0) is 0 Å². The summed E-state index contributed by atoms with van der Waals surface area (Å²) in [5.41, 5.74) is 0. The molecule has 0 aromatic heterocycles. The summed E-state index contributed by atoms with van der Waals surface area (Å²) in [5.74, 6) is 0. The molecule has 0 aliphatic rings. The lowest BCUT2D eigenvalue weighted by Crippen LogP contribution is -2.12. The highest BCUT2D eigenvalue weighted by Gasteiger charge is 1.91. The molecule has 0 amide bonds. The normalized spacial score (nSPS) is 8.44. The second-order valence-corrected chi connectivity index (χ2v) is 4.42. The zero-order chi connectivity index (χ0) is 6.41. The van der Waals surface area contributed by atoms with Crippen LogP contribution in [0.25, 0.3) is 0 Å². The molecule has 0 fully saturated rings. The fourth-order valence-electron chi connectivity index (χ4n) is 0.523. The van der Waals surface area contributed by atoms with Gasteiger partial charge in [-0.25, -0.2) is 0 Å². The van der Waals surface area contributed by atoms with E-state index in [1.807, 2.05) is 0 Å². The predicted molar refractivity (Wildman–Crippen MR) is 46.8 cm³/mol. The highest BCUT2D eigenvalue weighted by molar-refractivity contribution is 6.93. The molecular weight excluding hydrogens is 169 g/mol. The van der Waals surface area contributed by atoms with Crippen LogP contribution >= 0.6 is 21.5 Å². The number of nitrogens with zero attached hydrogens (tertiary/aromatic N) is 1. The number of halogens is 2. The summed E-state index contributed by atoms with van der Waals surface area (Å²) in [6.07, 6.45) is 1.28. The van der Waals surface area contributed by atoms with Gasteiger partial charge in [-0.3, -0.25) is 0 Å². The van der Waals surface area contributed by atoms with Gasteiger partial charge in [0, 0.05) is 0 Å². The largest absolute Gasteiger partial charge is 0.501 e. The van der Waals surface area contributed by atoms with E-state index in [0.717, 1.165) is 0 Å². The quantitative estimate of drug-likeness (QED) is 0.472. The van der Waals surface area contributed by atoms with Gasteiger partial charge in [-0.1, -0.05) is 6.42 Å². The minimum atomic E-state index is -0.183. The summed E-state index contributed by atoms with van der Waals surface area (Å²) in [6, 6.07) is 0. The minimum absolute atomic E-state index is 0. The molecule has 9 heavy (non-hydrogen) atoms. The summed E-state index contributed by atoms with van der Waals surface area (Å²) in [6.45, 7) is 1.19. The second kappa shape index (κ2) is 9.31. The maximum atomic E-state index is 5.61. The van der Waals surface area contributed by atoms with Crippen molar-refractivity contribution in [2.45, 2.75) is 11.0 Å². The highest BCUT2D eigenvalue weighted by Crippen LogP contribution is 1.91. The van der Waals surface area contributed by atoms with Crippen LogP contribution in [-0.4, -0.2) is 44.8 Å². The third-order valence-electron chi connectivity index (χ3n) is 0.989. The van der Waals surface area contributed by atoms with Gasteiger partial charge in [0.25, 0.3) is 0 Å². The van der Waals surface area contributed by atoms with Crippen LogP contribution in [0.5, 0.6) is 0 Å². The van der Waals surface area contributed by atoms with E-state index < -0.39 is 0 Å². The molecule has 4 heteroatoms. The predicted octanol–water partition coefficient (Wildman–Crippen LogP) is 1.64. The van der Waals surface area contributed by atoms with E-state index in [1.54, 1.807) is 0 Å². The molecule has 0 radical (unpaired) electrons. The smallest absolute Gasteiger partial charge is 0.346 e. The van der Waals surface area contributed by atoms with Crippen molar-refractivity contribution >= 4 is 40.7 Å². The summed E-state index contributed by atoms with van der Waals surface area (Å²) in [4.78, 5) is 2.20. The van der Waals surface area contributed by atoms with Crippen molar-refractivity contribution in [3.05, 3.63) is 0 Å². The zero-order valence-corrected chi connectivity index (χ0v) is 9.05. The first-order valence-electron chi connectivity index (χ1n) is 2.98. The lowest BCUT2D eigenvalue weighted by atomic mass is 10.4. The van der Waals surface area contributed by atoms with Gasteiger partial charge in [0.1, 0.15) is 0 Å². The van der Waals surface area contributed by atoms with Gasteiger partial charge in [-0.15, -0.1) is 17.0 Å². The van der Waals surface area contributed by atoms with Crippen molar-refractivity contribution in [2.75, 3.05) is 20.6 Å². The third kappa shape index (κ3) is 12.5. The standard InChI is InChI=1S/C5H12N.2ClH.Mg/c1-4-5-6(2)3;;;/h1,4-5H2,2-3H3;2*1H;/q;;;+1/p-1. The van der Waals surface area contributed by atoms with Crippen LogP contribution in [0.3, 0.4) is 0 Å².